The highest BCUT2D eigenvalue weighted by molar-refractivity contribution is 7.91. The minimum Gasteiger partial charge on any atom is -0.491 e. The van der Waals surface area contributed by atoms with Crippen LogP contribution in [0.3, 0.4) is 0 Å². The van der Waals surface area contributed by atoms with Crippen molar-refractivity contribution >= 4 is 9.84 Å². The monoisotopic (exact) mass is 338 g/mol. The second kappa shape index (κ2) is 6.87. The van der Waals surface area contributed by atoms with E-state index in [9.17, 15) is 21.6 Å². The van der Waals surface area contributed by atoms with Gasteiger partial charge in [0.2, 0.25) is 0 Å². The minimum atomic E-state index is -4.40. The van der Waals surface area contributed by atoms with Crippen LogP contribution >= 0.6 is 0 Å². The van der Waals surface area contributed by atoms with Gasteiger partial charge in [0.05, 0.1) is 29.8 Å². The van der Waals surface area contributed by atoms with Crippen molar-refractivity contribution in [2.24, 2.45) is 0 Å². The number of ether oxygens (including phenoxy) is 2. The van der Waals surface area contributed by atoms with Crippen LogP contribution in [0.15, 0.2) is 24.3 Å². The number of benzene rings is 1. The Morgan fingerprint density at radius 2 is 1.82 bits per heavy atom. The lowest BCUT2D eigenvalue weighted by molar-refractivity contribution is -0.137. The SMILES string of the molecule is O=S1(=O)CCC(OCCOc2cccc(C(F)(F)F)c2)CC1. The molecular weight excluding hydrogens is 321 g/mol. The Labute approximate surface area is 127 Å². The van der Waals surface area contributed by atoms with Crippen LogP contribution in [-0.4, -0.2) is 39.2 Å². The van der Waals surface area contributed by atoms with Gasteiger partial charge in [-0.05, 0) is 31.0 Å². The average molecular weight is 338 g/mol. The number of rotatable bonds is 5. The Morgan fingerprint density at radius 1 is 1.14 bits per heavy atom. The highest BCUT2D eigenvalue weighted by Crippen LogP contribution is 2.31. The zero-order valence-electron chi connectivity index (χ0n) is 11.8. The molecule has 1 aliphatic heterocycles. The topological polar surface area (TPSA) is 52.6 Å². The van der Waals surface area contributed by atoms with E-state index in [4.69, 9.17) is 9.47 Å². The molecule has 0 spiro atoms. The smallest absolute Gasteiger partial charge is 0.416 e. The Hall–Kier alpha value is -1.28. The molecule has 1 heterocycles. The number of halogens is 3. The van der Waals surface area contributed by atoms with Crippen molar-refractivity contribution < 1.29 is 31.1 Å². The summed E-state index contributed by atoms with van der Waals surface area (Å²) >= 11 is 0. The van der Waals surface area contributed by atoms with Crippen LogP contribution in [-0.2, 0) is 20.8 Å². The first kappa shape index (κ1) is 17.1. The molecule has 1 saturated heterocycles. The van der Waals surface area contributed by atoms with Gasteiger partial charge in [-0.25, -0.2) is 8.42 Å². The van der Waals surface area contributed by atoms with Gasteiger partial charge in [-0.2, -0.15) is 13.2 Å². The minimum absolute atomic E-state index is 0.116. The van der Waals surface area contributed by atoms with Crippen LogP contribution < -0.4 is 4.74 Å². The molecule has 0 aromatic heterocycles. The molecule has 1 aromatic carbocycles. The number of sulfone groups is 1. The number of hydrogen-bond acceptors (Lipinski definition) is 4. The quantitative estimate of drug-likeness (QED) is 0.775. The fourth-order valence-electron chi connectivity index (χ4n) is 2.17. The molecule has 8 heteroatoms. The molecule has 1 aromatic rings. The summed E-state index contributed by atoms with van der Waals surface area (Å²) in [6.45, 7) is 0.325. The first-order chi connectivity index (χ1) is 10.3. The summed E-state index contributed by atoms with van der Waals surface area (Å²) < 4.78 is 70.8. The maximum absolute atomic E-state index is 12.5. The summed E-state index contributed by atoms with van der Waals surface area (Å²) in [5.74, 6) is 0.364. The lowest BCUT2D eigenvalue weighted by atomic mass is 10.2. The zero-order chi connectivity index (χ0) is 16.2. The molecule has 0 amide bonds. The molecule has 124 valence electrons. The van der Waals surface area contributed by atoms with E-state index in [0.717, 1.165) is 12.1 Å². The summed E-state index contributed by atoms with van der Waals surface area (Å²) in [5, 5.41) is 0. The van der Waals surface area contributed by atoms with E-state index >= 15 is 0 Å². The highest BCUT2D eigenvalue weighted by Gasteiger charge is 2.30. The van der Waals surface area contributed by atoms with Crippen molar-refractivity contribution in [2.45, 2.75) is 25.1 Å². The molecule has 0 bridgehead atoms. The van der Waals surface area contributed by atoms with Crippen molar-refractivity contribution in [1.29, 1.82) is 0 Å². The zero-order valence-corrected chi connectivity index (χ0v) is 12.6. The van der Waals surface area contributed by atoms with Crippen molar-refractivity contribution in [3.05, 3.63) is 29.8 Å². The van der Waals surface area contributed by atoms with E-state index in [-0.39, 0.29) is 36.6 Å². The van der Waals surface area contributed by atoms with E-state index in [2.05, 4.69) is 0 Å². The number of alkyl halides is 3. The van der Waals surface area contributed by atoms with E-state index in [1.165, 1.54) is 12.1 Å². The van der Waals surface area contributed by atoms with Crippen molar-refractivity contribution in [3.63, 3.8) is 0 Å². The summed E-state index contributed by atoms with van der Waals surface area (Å²) in [5.41, 5.74) is -0.761. The lowest BCUT2D eigenvalue weighted by Crippen LogP contribution is -2.29. The van der Waals surface area contributed by atoms with Crippen molar-refractivity contribution in [3.8, 4) is 5.75 Å². The van der Waals surface area contributed by atoms with Crippen molar-refractivity contribution in [1.82, 2.24) is 0 Å². The van der Waals surface area contributed by atoms with E-state index in [1.54, 1.807) is 0 Å². The van der Waals surface area contributed by atoms with Gasteiger partial charge in [-0.15, -0.1) is 0 Å². The molecule has 2 rings (SSSR count). The molecule has 4 nitrogen and oxygen atoms in total. The molecule has 0 atom stereocenters. The molecule has 0 radical (unpaired) electrons. The van der Waals surface area contributed by atoms with Crippen LogP contribution in [0.5, 0.6) is 5.75 Å². The molecule has 0 saturated carbocycles. The standard InChI is InChI=1S/C14H17F3O4S/c15-14(16,17)11-2-1-3-13(10-11)21-7-6-20-12-4-8-22(18,19)9-5-12/h1-3,10,12H,4-9H2. The molecule has 1 aliphatic rings. The molecule has 22 heavy (non-hydrogen) atoms. The third-order valence-electron chi connectivity index (χ3n) is 3.37. The van der Waals surface area contributed by atoms with Gasteiger partial charge < -0.3 is 9.47 Å². The Morgan fingerprint density at radius 3 is 2.45 bits per heavy atom. The molecular formula is C14H17F3O4S. The Kier molecular flexibility index (Phi) is 5.33. The average Bonchev–Trinajstić information content (AvgIpc) is 2.44. The Balaban J connectivity index is 1.73. The fourth-order valence-corrected chi connectivity index (χ4v) is 3.62. The van der Waals surface area contributed by atoms with Gasteiger partial charge in [0, 0.05) is 0 Å². The summed E-state index contributed by atoms with van der Waals surface area (Å²) in [7, 11) is -2.93. The maximum Gasteiger partial charge on any atom is 0.416 e. The van der Waals surface area contributed by atoms with Gasteiger partial charge in [0.15, 0.2) is 9.84 Å². The first-order valence-corrected chi connectivity index (χ1v) is 8.70. The third-order valence-corrected chi connectivity index (χ3v) is 5.08. The third kappa shape index (κ3) is 5.17. The van der Waals surface area contributed by atoms with Gasteiger partial charge in [-0.3, -0.25) is 0 Å². The van der Waals surface area contributed by atoms with E-state index in [0.29, 0.717) is 12.8 Å². The normalized spacial score (nSPS) is 19.0. The molecule has 0 N–H and O–H groups in total. The fraction of sp³-hybridized carbons (Fsp3) is 0.571. The second-order valence-corrected chi connectivity index (χ2v) is 7.40. The molecule has 0 aliphatic carbocycles. The second-order valence-electron chi connectivity index (χ2n) is 5.10. The maximum atomic E-state index is 12.5. The molecule has 0 unspecified atom stereocenters. The first-order valence-electron chi connectivity index (χ1n) is 6.88. The van der Waals surface area contributed by atoms with Crippen LogP contribution in [0, 0.1) is 0 Å². The van der Waals surface area contributed by atoms with E-state index in [1.807, 2.05) is 0 Å². The summed E-state index contributed by atoms with van der Waals surface area (Å²) in [4.78, 5) is 0. The van der Waals surface area contributed by atoms with Gasteiger partial charge in [-0.1, -0.05) is 6.07 Å². The van der Waals surface area contributed by atoms with Gasteiger partial charge in [0.1, 0.15) is 12.4 Å². The largest absolute Gasteiger partial charge is 0.491 e. The van der Waals surface area contributed by atoms with Crippen LogP contribution in [0.1, 0.15) is 18.4 Å². The van der Waals surface area contributed by atoms with Crippen LogP contribution in [0.2, 0.25) is 0 Å². The Bertz CT molecular complexity index is 584. The van der Waals surface area contributed by atoms with Gasteiger partial charge >= 0.3 is 6.18 Å². The molecule has 1 fully saturated rings. The van der Waals surface area contributed by atoms with Gasteiger partial charge in [0.25, 0.3) is 0 Å². The predicted molar refractivity (Wildman–Crippen MR) is 74.6 cm³/mol. The predicted octanol–water partition coefficient (Wildman–Crippen LogP) is 2.68. The highest BCUT2D eigenvalue weighted by atomic mass is 32.2. The summed E-state index contributed by atoms with van der Waals surface area (Å²) in [6.07, 6.45) is -3.63. The lowest BCUT2D eigenvalue weighted by Gasteiger charge is -2.22. The van der Waals surface area contributed by atoms with Crippen LogP contribution in [0.25, 0.3) is 0 Å². The van der Waals surface area contributed by atoms with Crippen molar-refractivity contribution in [2.75, 3.05) is 24.7 Å². The van der Waals surface area contributed by atoms with Crippen LogP contribution in [0.4, 0.5) is 13.2 Å². The van der Waals surface area contributed by atoms with E-state index < -0.39 is 21.6 Å². The summed E-state index contributed by atoms with van der Waals surface area (Å²) in [6, 6.07) is 4.65. The number of hydrogen-bond donors (Lipinski definition) is 0.